The number of rotatable bonds is 12. The number of carboxylic acid groups (broad SMARTS) is 1. The molecule has 4 rings (SSSR count). The number of amides is 1. The molecule has 8 nitrogen and oxygen atoms in total. The van der Waals surface area contributed by atoms with Crippen molar-refractivity contribution in [3.8, 4) is 0 Å². The third kappa shape index (κ3) is 7.17. The van der Waals surface area contributed by atoms with Crippen LogP contribution >= 0.6 is 11.3 Å². The van der Waals surface area contributed by atoms with Gasteiger partial charge in [-0.2, -0.15) is 0 Å². The third-order valence-electron chi connectivity index (χ3n) is 6.08. The Morgan fingerprint density at radius 1 is 1.09 bits per heavy atom. The standard InChI is InChI=1S/C26H31N5O3S/c32-25(23-12-11-20(35-23)17-27-16-19-8-1-2-13-28-19)31-22(26(33)34)10-5-14-29-21-9-3-6-18-7-4-15-30-24(18)21/h1-2,4,7-8,11-13,15,21-22,27,29H,3,5-6,9-10,14,16-17H2,(H,31,32)(H,33,34)/t21?,22-/m0/s1. The molecule has 1 unspecified atom stereocenters. The van der Waals surface area contributed by atoms with Gasteiger partial charge in [-0.15, -0.1) is 11.3 Å². The fourth-order valence-corrected chi connectivity index (χ4v) is 5.17. The van der Waals surface area contributed by atoms with Crippen molar-refractivity contribution in [2.45, 2.75) is 57.3 Å². The molecule has 0 bridgehead atoms. The minimum absolute atomic E-state index is 0.202. The first-order valence-corrected chi connectivity index (χ1v) is 12.8. The Bertz CT molecular complexity index is 1120. The van der Waals surface area contributed by atoms with E-state index in [2.05, 4.69) is 32.0 Å². The molecule has 35 heavy (non-hydrogen) atoms. The lowest BCUT2D eigenvalue weighted by molar-refractivity contribution is -0.139. The van der Waals surface area contributed by atoms with Crippen molar-refractivity contribution in [3.63, 3.8) is 0 Å². The van der Waals surface area contributed by atoms with Gasteiger partial charge in [0, 0.05) is 36.4 Å². The van der Waals surface area contributed by atoms with Gasteiger partial charge in [0.15, 0.2) is 0 Å². The fraction of sp³-hybridized carbons (Fsp3) is 0.385. The average molecular weight is 494 g/mol. The second-order valence-corrected chi connectivity index (χ2v) is 9.81. The van der Waals surface area contributed by atoms with Gasteiger partial charge < -0.3 is 21.1 Å². The van der Waals surface area contributed by atoms with Crippen molar-refractivity contribution in [1.29, 1.82) is 0 Å². The number of aryl methyl sites for hydroxylation is 1. The summed E-state index contributed by atoms with van der Waals surface area (Å²) >= 11 is 1.36. The van der Waals surface area contributed by atoms with E-state index in [1.165, 1.54) is 16.9 Å². The van der Waals surface area contributed by atoms with E-state index < -0.39 is 12.0 Å². The number of pyridine rings is 2. The molecular formula is C26H31N5O3S. The molecule has 9 heteroatoms. The van der Waals surface area contributed by atoms with E-state index in [0.717, 1.165) is 35.5 Å². The lowest BCUT2D eigenvalue weighted by Crippen LogP contribution is -2.41. The summed E-state index contributed by atoms with van der Waals surface area (Å²) in [5.74, 6) is -1.37. The Hall–Kier alpha value is -3.14. The Kier molecular flexibility index (Phi) is 8.94. The van der Waals surface area contributed by atoms with Crippen LogP contribution in [-0.4, -0.2) is 39.5 Å². The molecule has 0 radical (unpaired) electrons. The number of aliphatic carboxylic acids is 1. The fourth-order valence-electron chi connectivity index (χ4n) is 4.29. The molecule has 1 aliphatic carbocycles. The van der Waals surface area contributed by atoms with Crippen LogP contribution in [0.1, 0.15) is 63.2 Å². The lowest BCUT2D eigenvalue weighted by Gasteiger charge is -2.25. The van der Waals surface area contributed by atoms with Crippen LogP contribution in [-0.2, 0) is 24.3 Å². The van der Waals surface area contributed by atoms with Gasteiger partial charge in [0.1, 0.15) is 6.04 Å². The second kappa shape index (κ2) is 12.5. The van der Waals surface area contributed by atoms with E-state index in [1.54, 1.807) is 12.3 Å². The molecule has 0 saturated carbocycles. The Morgan fingerprint density at radius 2 is 1.97 bits per heavy atom. The van der Waals surface area contributed by atoms with Crippen LogP contribution < -0.4 is 16.0 Å². The van der Waals surface area contributed by atoms with E-state index >= 15 is 0 Å². The van der Waals surface area contributed by atoms with Gasteiger partial charge in [-0.25, -0.2) is 4.79 Å². The number of carbonyl (C=O) groups is 2. The molecule has 1 amide bonds. The van der Waals surface area contributed by atoms with Gasteiger partial charge in [0.05, 0.1) is 16.3 Å². The van der Waals surface area contributed by atoms with Gasteiger partial charge in [-0.05, 0) is 74.5 Å². The molecule has 0 spiro atoms. The Morgan fingerprint density at radius 3 is 2.80 bits per heavy atom. The first-order chi connectivity index (χ1) is 17.1. The minimum atomic E-state index is -1.02. The molecule has 184 valence electrons. The van der Waals surface area contributed by atoms with Crippen LogP contribution in [0.25, 0.3) is 0 Å². The number of fused-ring (bicyclic) bond motifs is 1. The zero-order valence-corrected chi connectivity index (χ0v) is 20.4. The van der Waals surface area contributed by atoms with E-state index in [-0.39, 0.29) is 11.9 Å². The normalized spacial score (nSPS) is 15.8. The third-order valence-corrected chi connectivity index (χ3v) is 7.16. The summed E-state index contributed by atoms with van der Waals surface area (Å²) in [7, 11) is 0. The second-order valence-electron chi connectivity index (χ2n) is 8.64. The summed E-state index contributed by atoms with van der Waals surface area (Å²) < 4.78 is 0. The minimum Gasteiger partial charge on any atom is -0.480 e. The summed E-state index contributed by atoms with van der Waals surface area (Å²) in [5.41, 5.74) is 3.34. The van der Waals surface area contributed by atoms with Crippen molar-refractivity contribution in [1.82, 2.24) is 25.9 Å². The molecule has 1 aliphatic rings. The predicted octanol–water partition coefficient (Wildman–Crippen LogP) is 3.46. The van der Waals surface area contributed by atoms with Gasteiger partial charge in [-0.3, -0.25) is 14.8 Å². The maximum atomic E-state index is 12.7. The highest BCUT2D eigenvalue weighted by atomic mass is 32.1. The smallest absolute Gasteiger partial charge is 0.326 e. The summed E-state index contributed by atoms with van der Waals surface area (Å²) in [4.78, 5) is 34.7. The number of hydrogen-bond acceptors (Lipinski definition) is 7. The molecule has 0 saturated heterocycles. The van der Waals surface area contributed by atoms with Crippen LogP contribution in [0.4, 0.5) is 0 Å². The number of thiophene rings is 1. The SMILES string of the molecule is O=C(N[C@@H](CCCNC1CCCc2cccnc21)C(=O)O)c1ccc(CNCc2ccccn2)s1. The van der Waals surface area contributed by atoms with Crippen molar-refractivity contribution >= 4 is 23.2 Å². The monoisotopic (exact) mass is 493 g/mol. The summed E-state index contributed by atoms with van der Waals surface area (Å²) in [6, 6.07) is 12.8. The van der Waals surface area contributed by atoms with Crippen LogP contribution in [0.2, 0.25) is 0 Å². The average Bonchev–Trinajstić information content (AvgIpc) is 3.35. The first-order valence-electron chi connectivity index (χ1n) is 12.0. The molecule has 0 aromatic carbocycles. The summed E-state index contributed by atoms with van der Waals surface area (Å²) in [5, 5.41) is 19.1. The zero-order chi connectivity index (χ0) is 24.5. The quantitative estimate of drug-likeness (QED) is 0.286. The topological polar surface area (TPSA) is 116 Å². The van der Waals surface area contributed by atoms with E-state index in [4.69, 9.17) is 0 Å². The summed E-state index contributed by atoms with van der Waals surface area (Å²) in [6.45, 7) is 1.92. The van der Waals surface area contributed by atoms with Gasteiger partial charge >= 0.3 is 5.97 Å². The predicted molar refractivity (Wildman–Crippen MR) is 135 cm³/mol. The largest absolute Gasteiger partial charge is 0.480 e. The van der Waals surface area contributed by atoms with Crippen molar-refractivity contribution in [2.75, 3.05) is 6.54 Å². The van der Waals surface area contributed by atoms with Crippen LogP contribution in [0.5, 0.6) is 0 Å². The van der Waals surface area contributed by atoms with Crippen molar-refractivity contribution in [3.05, 3.63) is 81.6 Å². The molecule has 3 heterocycles. The Labute approximate surface area is 209 Å². The van der Waals surface area contributed by atoms with Crippen molar-refractivity contribution < 1.29 is 14.7 Å². The van der Waals surface area contributed by atoms with E-state index in [9.17, 15) is 14.7 Å². The molecule has 0 fully saturated rings. The molecule has 4 N–H and O–H groups in total. The van der Waals surface area contributed by atoms with Gasteiger partial charge in [0.25, 0.3) is 5.91 Å². The first kappa shape index (κ1) is 25.0. The van der Waals surface area contributed by atoms with E-state index in [1.807, 2.05) is 36.5 Å². The molecule has 0 aliphatic heterocycles. The van der Waals surface area contributed by atoms with Crippen LogP contribution in [0.15, 0.2) is 54.9 Å². The Balaban J connectivity index is 1.21. The molecular weight excluding hydrogens is 462 g/mol. The number of hydrogen-bond donors (Lipinski definition) is 4. The maximum absolute atomic E-state index is 12.7. The molecule has 3 aromatic heterocycles. The zero-order valence-electron chi connectivity index (χ0n) is 19.6. The highest BCUT2D eigenvalue weighted by Gasteiger charge is 2.23. The van der Waals surface area contributed by atoms with Gasteiger partial charge in [0.2, 0.25) is 0 Å². The highest BCUT2D eigenvalue weighted by molar-refractivity contribution is 7.14. The molecule has 2 atom stereocenters. The van der Waals surface area contributed by atoms with Gasteiger partial charge in [-0.1, -0.05) is 12.1 Å². The maximum Gasteiger partial charge on any atom is 0.326 e. The highest BCUT2D eigenvalue weighted by Crippen LogP contribution is 2.27. The number of nitrogens with zero attached hydrogens (tertiary/aromatic N) is 2. The number of carboxylic acids is 1. The number of nitrogens with one attached hydrogen (secondary N) is 3. The molecule has 3 aromatic rings. The number of carbonyl (C=O) groups excluding carboxylic acids is 1. The van der Waals surface area contributed by atoms with Crippen molar-refractivity contribution in [2.24, 2.45) is 0 Å². The van der Waals surface area contributed by atoms with Crippen LogP contribution in [0.3, 0.4) is 0 Å². The number of aromatic nitrogens is 2. The summed E-state index contributed by atoms with van der Waals surface area (Å²) in [6.07, 6.45) is 7.78. The lowest BCUT2D eigenvalue weighted by atomic mass is 9.92. The van der Waals surface area contributed by atoms with Crippen LogP contribution in [0, 0.1) is 0 Å². The van der Waals surface area contributed by atoms with E-state index in [0.29, 0.717) is 37.4 Å².